The number of primary amides is 1. The summed E-state index contributed by atoms with van der Waals surface area (Å²) in [4.78, 5) is 18.0. The van der Waals surface area contributed by atoms with Crippen LogP contribution in [0.2, 0.25) is 10.3 Å². The molecule has 0 fully saturated rings. The molecule has 1 aromatic heterocycles. The van der Waals surface area contributed by atoms with Crippen LogP contribution in [0.1, 0.15) is 30.4 Å². The molecule has 2 unspecified atom stereocenters. The maximum absolute atomic E-state index is 11.8. The van der Waals surface area contributed by atoms with Crippen LogP contribution in [-0.2, 0) is 11.3 Å². The number of nitrogens with zero attached hydrogens (tertiary/aromatic N) is 2. The highest BCUT2D eigenvalue weighted by Gasteiger charge is 2.32. The molecule has 2 N–H and O–H groups in total. The zero-order valence-corrected chi connectivity index (χ0v) is 14.2. The summed E-state index contributed by atoms with van der Waals surface area (Å²) < 4.78 is 0. The fourth-order valence-electron chi connectivity index (χ4n) is 3.19. The molecule has 0 aliphatic carbocycles. The summed E-state index contributed by atoms with van der Waals surface area (Å²) in [7, 11) is 0. The summed E-state index contributed by atoms with van der Waals surface area (Å²) in [6.45, 7) is 2.74. The average Bonchev–Trinajstić information content (AvgIpc) is 2.48. The van der Waals surface area contributed by atoms with Crippen molar-refractivity contribution >= 4 is 34.8 Å². The van der Waals surface area contributed by atoms with Crippen LogP contribution in [0.5, 0.6) is 0 Å². The Labute approximate surface area is 145 Å². The first-order valence-electron chi connectivity index (χ1n) is 7.42. The molecule has 6 heteroatoms. The van der Waals surface area contributed by atoms with Crippen LogP contribution in [0.15, 0.2) is 36.4 Å². The van der Waals surface area contributed by atoms with Crippen molar-refractivity contribution in [2.45, 2.75) is 31.8 Å². The third-order valence-corrected chi connectivity index (χ3v) is 4.64. The van der Waals surface area contributed by atoms with Gasteiger partial charge in [0.1, 0.15) is 10.3 Å². The number of aromatic nitrogens is 1. The summed E-state index contributed by atoms with van der Waals surface area (Å²) in [5.41, 5.74) is 8.57. The molecule has 0 spiro atoms. The van der Waals surface area contributed by atoms with E-state index in [1.54, 1.807) is 0 Å². The number of nitrogens with two attached hydrogens (primary N) is 1. The SMILES string of the molecule is CC1CC(C(N)=O)c2ccccc2N1Cc1cc(Cl)nc(Cl)c1. The van der Waals surface area contributed by atoms with Gasteiger partial charge in [-0.2, -0.15) is 0 Å². The lowest BCUT2D eigenvalue weighted by Crippen LogP contribution is -2.41. The molecule has 1 aromatic carbocycles. The molecule has 1 amide bonds. The molecule has 120 valence electrons. The molecule has 2 atom stereocenters. The topological polar surface area (TPSA) is 59.2 Å². The van der Waals surface area contributed by atoms with Gasteiger partial charge in [-0.1, -0.05) is 41.4 Å². The molecule has 1 aliphatic heterocycles. The Balaban J connectivity index is 1.98. The molecule has 0 bridgehead atoms. The Morgan fingerprint density at radius 3 is 2.61 bits per heavy atom. The smallest absolute Gasteiger partial charge is 0.225 e. The van der Waals surface area contributed by atoms with Gasteiger partial charge in [-0.25, -0.2) is 4.98 Å². The molecule has 2 heterocycles. The van der Waals surface area contributed by atoms with Gasteiger partial charge in [0.05, 0.1) is 5.92 Å². The molecular weight excluding hydrogens is 333 g/mol. The first kappa shape index (κ1) is 16.1. The van der Waals surface area contributed by atoms with Gasteiger partial charge in [-0.05, 0) is 42.7 Å². The zero-order chi connectivity index (χ0) is 16.6. The molecule has 3 rings (SSSR count). The maximum Gasteiger partial charge on any atom is 0.225 e. The third kappa shape index (κ3) is 3.28. The number of anilines is 1. The Hall–Kier alpha value is -1.78. The highest BCUT2D eigenvalue weighted by molar-refractivity contribution is 6.32. The predicted octanol–water partition coefficient (Wildman–Crippen LogP) is 3.76. The van der Waals surface area contributed by atoms with Crippen molar-refractivity contribution in [2.24, 2.45) is 5.73 Å². The van der Waals surface area contributed by atoms with Crippen molar-refractivity contribution in [1.82, 2.24) is 4.98 Å². The minimum absolute atomic E-state index is 0.174. The number of amides is 1. The molecule has 0 saturated carbocycles. The first-order valence-corrected chi connectivity index (χ1v) is 8.18. The number of carbonyl (C=O) groups excluding carboxylic acids is 1. The lowest BCUT2D eigenvalue weighted by molar-refractivity contribution is -0.119. The van der Waals surface area contributed by atoms with E-state index in [9.17, 15) is 4.79 Å². The van der Waals surface area contributed by atoms with Crippen LogP contribution in [0.4, 0.5) is 5.69 Å². The fraction of sp³-hybridized carbons (Fsp3) is 0.294. The van der Waals surface area contributed by atoms with E-state index in [0.717, 1.165) is 16.8 Å². The van der Waals surface area contributed by atoms with Crippen molar-refractivity contribution in [2.75, 3.05) is 4.90 Å². The van der Waals surface area contributed by atoms with Crippen molar-refractivity contribution in [1.29, 1.82) is 0 Å². The van der Waals surface area contributed by atoms with Crippen molar-refractivity contribution in [3.05, 3.63) is 57.8 Å². The molecule has 23 heavy (non-hydrogen) atoms. The number of pyridine rings is 1. The summed E-state index contributed by atoms with van der Waals surface area (Å²) in [5.74, 6) is -0.527. The van der Waals surface area contributed by atoms with E-state index in [4.69, 9.17) is 28.9 Å². The van der Waals surface area contributed by atoms with Crippen LogP contribution in [0.25, 0.3) is 0 Å². The first-order chi connectivity index (χ1) is 11.0. The lowest BCUT2D eigenvalue weighted by atomic mass is 9.85. The van der Waals surface area contributed by atoms with E-state index >= 15 is 0 Å². The minimum Gasteiger partial charge on any atom is -0.369 e. The Kier molecular flexibility index (Phi) is 4.46. The number of halogens is 2. The predicted molar refractivity (Wildman–Crippen MR) is 92.9 cm³/mol. The summed E-state index contributed by atoms with van der Waals surface area (Å²) >= 11 is 12.0. The van der Waals surface area contributed by atoms with Crippen LogP contribution in [-0.4, -0.2) is 16.9 Å². The number of rotatable bonds is 3. The Morgan fingerprint density at radius 1 is 1.30 bits per heavy atom. The molecule has 4 nitrogen and oxygen atoms in total. The van der Waals surface area contributed by atoms with E-state index in [2.05, 4.69) is 16.8 Å². The highest BCUT2D eigenvalue weighted by Crippen LogP contribution is 2.39. The number of benzene rings is 1. The summed E-state index contributed by atoms with van der Waals surface area (Å²) in [5, 5.41) is 0.751. The maximum atomic E-state index is 11.8. The Morgan fingerprint density at radius 2 is 1.96 bits per heavy atom. The summed E-state index contributed by atoms with van der Waals surface area (Å²) in [6.07, 6.45) is 0.693. The third-order valence-electron chi connectivity index (χ3n) is 4.25. The van der Waals surface area contributed by atoms with Crippen molar-refractivity contribution in [3.8, 4) is 0 Å². The zero-order valence-electron chi connectivity index (χ0n) is 12.7. The van der Waals surface area contributed by atoms with Gasteiger partial charge in [-0.3, -0.25) is 4.79 Å². The second-order valence-corrected chi connectivity index (χ2v) is 6.62. The number of carbonyl (C=O) groups is 1. The average molecular weight is 350 g/mol. The van der Waals surface area contributed by atoms with E-state index in [-0.39, 0.29) is 17.9 Å². The van der Waals surface area contributed by atoms with Gasteiger partial charge in [0.25, 0.3) is 0 Å². The molecule has 1 aliphatic rings. The molecular formula is C17H17Cl2N3O. The second kappa shape index (κ2) is 6.38. The monoisotopic (exact) mass is 349 g/mol. The van der Waals surface area contributed by atoms with Crippen molar-refractivity contribution < 1.29 is 4.79 Å². The lowest BCUT2D eigenvalue weighted by Gasteiger charge is -2.40. The van der Waals surface area contributed by atoms with Crippen LogP contribution in [0, 0.1) is 0 Å². The van der Waals surface area contributed by atoms with E-state index < -0.39 is 0 Å². The minimum atomic E-state index is -0.279. The van der Waals surface area contributed by atoms with Gasteiger partial charge < -0.3 is 10.6 Å². The number of hydrogen-bond acceptors (Lipinski definition) is 3. The quantitative estimate of drug-likeness (QED) is 0.858. The Bertz CT molecular complexity index is 730. The molecule has 2 aromatic rings. The van der Waals surface area contributed by atoms with Crippen LogP contribution < -0.4 is 10.6 Å². The van der Waals surface area contributed by atoms with Crippen LogP contribution in [0.3, 0.4) is 0 Å². The fourth-order valence-corrected chi connectivity index (χ4v) is 3.69. The summed E-state index contributed by atoms with van der Waals surface area (Å²) in [6, 6.07) is 11.7. The van der Waals surface area contributed by atoms with E-state index in [0.29, 0.717) is 23.3 Å². The van der Waals surface area contributed by atoms with E-state index in [1.807, 2.05) is 36.4 Å². The number of hydrogen-bond donors (Lipinski definition) is 1. The molecule has 0 saturated heterocycles. The van der Waals surface area contributed by atoms with Gasteiger partial charge in [0.2, 0.25) is 5.91 Å². The molecule has 0 radical (unpaired) electrons. The van der Waals surface area contributed by atoms with Gasteiger partial charge in [0.15, 0.2) is 0 Å². The second-order valence-electron chi connectivity index (χ2n) is 5.85. The largest absolute Gasteiger partial charge is 0.369 e. The van der Waals surface area contributed by atoms with Crippen LogP contribution >= 0.6 is 23.2 Å². The normalized spacial score (nSPS) is 20.2. The van der Waals surface area contributed by atoms with E-state index in [1.165, 1.54) is 0 Å². The van der Waals surface area contributed by atoms with Gasteiger partial charge in [0, 0.05) is 18.3 Å². The van der Waals surface area contributed by atoms with Gasteiger partial charge >= 0.3 is 0 Å². The standard InChI is InChI=1S/C17H17Cl2N3O/c1-10-6-13(17(20)23)12-4-2-3-5-14(12)22(10)9-11-7-15(18)21-16(19)8-11/h2-5,7-8,10,13H,6,9H2,1H3,(H2,20,23). The number of fused-ring (bicyclic) bond motifs is 1. The van der Waals surface area contributed by atoms with Gasteiger partial charge in [-0.15, -0.1) is 0 Å². The van der Waals surface area contributed by atoms with Crippen molar-refractivity contribution in [3.63, 3.8) is 0 Å². The highest BCUT2D eigenvalue weighted by atomic mass is 35.5. The number of para-hydroxylation sites is 1.